The molecule has 192 valence electrons. The first kappa shape index (κ1) is 25.3. The zero-order chi connectivity index (χ0) is 25.9. The van der Waals surface area contributed by atoms with E-state index in [9.17, 15) is 8.60 Å². The van der Waals surface area contributed by atoms with Crippen LogP contribution in [0.1, 0.15) is 31.5 Å². The van der Waals surface area contributed by atoms with E-state index in [0.717, 1.165) is 29.1 Å². The van der Waals surface area contributed by atoms with Crippen LogP contribution >= 0.6 is 0 Å². The molecule has 1 aliphatic heterocycles. The number of nitrogens with one attached hydrogen (secondary N) is 1. The Labute approximate surface area is 217 Å². The van der Waals surface area contributed by atoms with Gasteiger partial charge < -0.3 is 14.5 Å². The van der Waals surface area contributed by atoms with Gasteiger partial charge in [-0.3, -0.25) is 9.19 Å². The van der Waals surface area contributed by atoms with Crippen molar-refractivity contribution in [3.05, 3.63) is 65.7 Å². The van der Waals surface area contributed by atoms with Gasteiger partial charge in [-0.25, -0.2) is 9.37 Å². The van der Waals surface area contributed by atoms with Crippen LogP contribution in [-0.2, 0) is 22.1 Å². The Balaban J connectivity index is 1.35. The van der Waals surface area contributed by atoms with E-state index < -0.39 is 16.6 Å². The Kier molecular flexibility index (Phi) is 7.50. The number of hydrogen-bond donors (Lipinski definition) is 1. The number of rotatable bonds is 8. The zero-order valence-corrected chi connectivity index (χ0v) is 21.7. The lowest BCUT2D eigenvalue weighted by atomic mass is 10.1. The maximum absolute atomic E-state index is 14.9. The van der Waals surface area contributed by atoms with E-state index in [0.29, 0.717) is 36.3 Å². The van der Waals surface area contributed by atoms with Gasteiger partial charge in [-0.05, 0) is 43.2 Å². The third kappa shape index (κ3) is 5.66. The molecule has 10 heteroatoms. The summed E-state index contributed by atoms with van der Waals surface area (Å²) in [5.41, 5.74) is 3.50. The van der Waals surface area contributed by atoms with Crippen molar-refractivity contribution in [2.45, 2.75) is 49.9 Å². The fourth-order valence-electron chi connectivity index (χ4n) is 4.05. The highest BCUT2D eigenvalue weighted by molar-refractivity contribution is 7.85. The fourth-order valence-corrected chi connectivity index (χ4v) is 5.00. The molecule has 1 fully saturated rings. The zero-order valence-electron chi connectivity index (χ0n) is 20.9. The lowest BCUT2D eigenvalue weighted by Crippen LogP contribution is -2.28. The fraction of sp³-hybridized carbons (Fsp3) is 0.333. The molecular formula is C27H28FN5O3S. The average Bonchev–Trinajstić information content (AvgIpc) is 3.60. The Bertz CT molecular complexity index is 1420. The van der Waals surface area contributed by atoms with E-state index in [4.69, 9.17) is 9.15 Å². The Morgan fingerprint density at radius 2 is 1.92 bits per heavy atom. The van der Waals surface area contributed by atoms with E-state index in [1.807, 2.05) is 44.2 Å². The summed E-state index contributed by atoms with van der Waals surface area (Å²) in [6.07, 6.45) is 2.62. The molecule has 2 aromatic carbocycles. The van der Waals surface area contributed by atoms with Gasteiger partial charge in [0, 0.05) is 34.9 Å². The van der Waals surface area contributed by atoms with Gasteiger partial charge in [-0.2, -0.15) is 0 Å². The summed E-state index contributed by atoms with van der Waals surface area (Å²) < 4.78 is 38.5. The first-order valence-electron chi connectivity index (χ1n) is 12.2. The summed E-state index contributed by atoms with van der Waals surface area (Å²) >= 11 is 0. The van der Waals surface area contributed by atoms with E-state index >= 15 is 0 Å². The summed E-state index contributed by atoms with van der Waals surface area (Å²) in [5.74, 6) is -0.207. The lowest BCUT2D eigenvalue weighted by Gasteiger charge is -2.10. The molecule has 2 unspecified atom stereocenters. The Morgan fingerprint density at radius 3 is 2.62 bits per heavy atom. The minimum absolute atomic E-state index is 0.0353. The number of nitrogens with zero attached hydrogens (tertiary/aromatic N) is 4. The van der Waals surface area contributed by atoms with Crippen LogP contribution < -0.4 is 5.32 Å². The van der Waals surface area contributed by atoms with Crippen LogP contribution in [0.3, 0.4) is 0 Å². The van der Waals surface area contributed by atoms with Crippen LogP contribution in [-0.4, -0.2) is 48.9 Å². The van der Waals surface area contributed by atoms with Gasteiger partial charge in [0.2, 0.25) is 0 Å². The van der Waals surface area contributed by atoms with Gasteiger partial charge in [0.1, 0.15) is 11.5 Å². The third-order valence-electron chi connectivity index (χ3n) is 6.18. The van der Waals surface area contributed by atoms with Gasteiger partial charge in [0.25, 0.3) is 11.8 Å². The predicted octanol–water partition coefficient (Wildman–Crippen LogP) is 4.70. The monoisotopic (exact) mass is 521 g/mol. The molecule has 0 amide bonds. The first-order chi connectivity index (χ1) is 17.9. The van der Waals surface area contributed by atoms with Crippen LogP contribution in [0.5, 0.6) is 0 Å². The summed E-state index contributed by atoms with van der Waals surface area (Å²) in [6.45, 7) is 7.62. The van der Waals surface area contributed by atoms with Gasteiger partial charge in [-0.15, -0.1) is 10.2 Å². The summed E-state index contributed by atoms with van der Waals surface area (Å²) in [6, 6.07) is 12.7. The largest absolute Gasteiger partial charge is 0.414 e. The van der Waals surface area contributed by atoms with Gasteiger partial charge >= 0.3 is 0 Å². The van der Waals surface area contributed by atoms with Gasteiger partial charge in [0.05, 0.1) is 40.6 Å². The molecule has 2 aromatic heterocycles. The second-order valence-electron chi connectivity index (χ2n) is 9.23. The molecule has 2 atom stereocenters. The molecule has 0 spiro atoms. The van der Waals surface area contributed by atoms with Crippen molar-refractivity contribution in [2.75, 3.05) is 13.2 Å². The van der Waals surface area contributed by atoms with Gasteiger partial charge in [0.15, 0.2) is 0 Å². The van der Waals surface area contributed by atoms with Crippen LogP contribution in [0.4, 0.5) is 4.39 Å². The third-order valence-corrected chi connectivity index (χ3v) is 7.78. The van der Waals surface area contributed by atoms with Crippen LogP contribution in [0.2, 0.25) is 0 Å². The number of halogens is 1. The summed E-state index contributed by atoms with van der Waals surface area (Å²) in [7, 11) is -1.07. The first-order valence-corrected chi connectivity index (χ1v) is 13.4. The molecule has 5 rings (SSSR count). The van der Waals surface area contributed by atoms with Crippen molar-refractivity contribution >= 4 is 10.8 Å². The number of aromatic nitrogens is 4. The normalized spacial score (nSPS) is 16.4. The van der Waals surface area contributed by atoms with Crippen molar-refractivity contribution in [1.82, 2.24) is 25.5 Å². The standard InChI is InChI=1S/C27H28FN5O3S/c1-16(2)37(34)21-7-5-19(6-8-21)24-14-29-17(3)25(31-24)27-33-32-26(36-27)22-9-4-18(12-23(22)28)13-30-20-10-11-35-15-20/h4-9,12,14,16,20,30H,10-11,13,15H2,1-3H3. The van der Waals surface area contributed by atoms with E-state index in [-0.39, 0.29) is 22.6 Å². The second-order valence-corrected chi connectivity index (χ2v) is 11.2. The van der Waals surface area contributed by atoms with Crippen LogP contribution in [0.15, 0.2) is 58.0 Å². The minimum atomic E-state index is -1.07. The number of ether oxygens (including phenoxy) is 1. The Morgan fingerprint density at radius 1 is 1.14 bits per heavy atom. The SMILES string of the molecule is Cc1ncc(-c2ccc(S(=O)C(C)C)cc2)nc1-c1nnc(-c2ccc(CNC3CCOC3)cc2F)o1. The molecule has 8 nitrogen and oxygen atoms in total. The molecule has 4 aromatic rings. The van der Waals surface area contributed by atoms with E-state index in [1.54, 1.807) is 19.2 Å². The minimum Gasteiger partial charge on any atom is -0.414 e. The maximum Gasteiger partial charge on any atom is 0.268 e. The molecule has 37 heavy (non-hydrogen) atoms. The second kappa shape index (κ2) is 11.0. The molecule has 1 aliphatic rings. The molecule has 0 saturated carbocycles. The summed E-state index contributed by atoms with van der Waals surface area (Å²) in [5, 5.41) is 11.6. The molecular weight excluding hydrogens is 493 g/mol. The van der Waals surface area contributed by atoms with Crippen LogP contribution in [0, 0.1) is 12.7 Å². The number of hydrogen-bond acceptors (Lipinski definition) is 8. The summed E-state index contributed by atoms with van der Waals surface area (Å²) in [4.78, 5) is 9.88. The van der Waals surface area contributed by atoms with E-state index in [1.165, 1.54) is 6.07 Å². The lowest BCUT2D eigenvalue weighted by molar-refractivity contribution is 0.190. The molecule has 1 saturated heterocycles. The highest BCUT2D eigenvalue weighted by atomic mass is 32.2. The van der Waals surface area contributed by atoms with E-state index in [2.05, 4.69) is 25.5 Å². The highest BCUT2D eigenvalue weighted by Gasteiger charge is 2.19. The molecule has 0 radical (unpaired) electrons. The maximum atomic E-state index is 14.9. The quantitative estimate of drug-likeness (QED) is 0.356. The number of benzene rings is 2. The molecule has 1 N–H and O–H groups in total. The van der Waals surface area contributed by atoms with Crippen molar-refractivity contribution in [1.29, 1.82) is 0 Å². The smallest absolute Gasteiger partial charge is 0.268 e. The highest BCUT2D eigenvalue weighted by Crippen LogP contribution is 2.28. The topological polar surface area (TPSA) is 103 Å². The molecule has 0 bridgehead atoms. The Hall–Kier alpha value is -3.34. The molecule has 3 heterocycles. The van der Waals surface area contributed by atoms with Crippen LogP contribution in [0.25, 0.3) is 34.3 Å². The average molecular weight is 522 g/mol. The van der Waals surface area contributed by atoms with Crippen molar-refractivity contribution < 1.29 is 17.8 Å². The predicted molar refractivity (Wildman–Crippen MR) is 138 cm³/mol. The number of aryl methyl sites for hydroxylation is 1. The molecule has 0 aliphatic carbocycles. The van der Waals surface area contributed by atoms with Crippen molar-refractivity contribution in [3.63, 3.8) is 0 Å². The van der Waals surface area contributed by atoms with Crippen molar-refractivity contribution in [2.24, 2.45) is 0 Å². The van der Waals surface area contributed by atoms with Gasteiger partial charge in [-0.1, -0.05) is 32.0 Å². The van der Waals surface area contributed by atoms with Crippen molar-refractivity contribution in [3.8, 4) is 34.3 Å².